The largest absolute Gasteiger partial charge is 0.366 e. The number of rotatable bonds is 3. The van der Waals surface area contributed by atoms with Gasteiger partial charge in [-0.25, -0.2) is 0 Å². The van der Waals surface area contributed by atoms with Crippen molar-refractivity contribution in [3.05, 3.63) is 28.1 Å². The summed E-state index contributed by atoms with van der Waals surface area (Å²) in [4.78, 5) is 31.6. The van der Waals surface area contributed by atoms with Crippen LogP contribution < -0.4 is 0 Å². The molecule has 0 aromatic carbocycles. The van der Waals surface area contributed by atoms with Crippen LogP contribution in [0, 0.1) is 5.92 Å². The summed E-state index contributed by atoms with van der Waals surface area (Å²) in [7, 11) is 0. The lowest BCUT2D eigenvalue weighted by atomic mass is 9.99. The zero-order valence-electron chi connectivity index (χ0n) is 15.6. The normalized spacial score (nSPS) is 26.0. The first kappa shape index (κ1) is 17.8. The Morgan fingerprint density at radius 1 is 1.00 bits per heavy atom. The van der Waals surface area contributed by atoms with Gasteiger partial charge < -0.3 is 4.90 Å². The maximum absolute atomic E-state index is 13.4. The van der Waals surface area contributed by atoms with E-state index in [0.29, 0.717) is 17.2 Å². The number of hydrogen-bond acceptors (Lipinski definition) is 4. The molecule has 26 heavy (non-hydrogen) atoms. The van der Waals surface area contributed by atoms with E-state index in [-0.39, 0.29) is 17.9 Å². The molecule has 4 rings (SSSR count). The van der Waals surface area contributed by atoms with Crippen LogP contribution in [0.4, 0.5) is 0 Å². The molecule has 1 saturated heterocycles. The predicted molar refractivity (Wildman–Crippen MR) is 105 cm³/mol. The molecule has 5 heteroatoms. The van der Waals surface area contributed by atoms with Gasteiger partial charge in [0.2, 0.25) is 0 Å². The number of carbonyl (C=O) groups excluding carboxylic acids is 2. The van der Waals surface area contributed by atoms with E-state index in [2.05, 4.69) is 11.8 Å². The van der Waals surface area contributed by atoms with Crippen molar-refractivity contribution in [2.24, 2.45) is 5.92 Å². The molecule has 2 aliphatic heterocycles. The third-order valence-electron chi connectivity index (χ3n) is 6.02. The van der Waals surface area contributed by atoms with Crippen LogP contribution in [0.25, 0.3) is 5.57 Å². The fourth-order valence-corrected chi connectivity index (χ4v) is 5.47. The lowest BCUT2D eigenvalue weighted by Gasteiger charge is -2.34. The van der Waals surface area contributed by atoms with Gasteiger partial charge in [-0.2, -0.15) is 0 Å². The van der Waals surface area contributed by atoms with Crippen LogP contribution in [-0.2, 0) is 9.59 Å². The highest BCUT2D eigenvalue weighted by Crippen LogP contribution is 2.38. The summed E-state index contributed by atoms with van der Waals surface area (Å²) in [5, 5.41) is 1.99. The summed E-state index contributed by atoms with van der Waals surface area (Å²) in [6.07, 6.45) is 8.87. The number of hydrogen-bond donors (Lipinski definition) is 0. The number of piperidine rings is 1. The Morgan fingerprint density at radius 3 is 2.42 bits per heavy atom. The second-order valence-corrected chi connectivity index (χ2v) is 8.97. The first-order chi connectivity index (χ1) is 12.7. The minimum absolute atomic E-state index is 0.0422. The van der Waals surface area contributed by atoms with Crippen LogP contribution in [0.5, 0.6) is 0 Å². The van der Waals surface area contributed by atoms with Crippen LogP contribution in [0.1, 0.15) is 63.2 Å². The van der Waals surface area contributed by atoms with Crippen molar-refractivity contribution in [3.63, 3.8) is 0 Å². The Morgan fingerprint density at radius 2 is 1.77 bits per heavy atom. The van der Waals surface area contributed by atoms with Gasteiger partial charge >= 0.3 is 0 Å². The molecule has 3 heterocycles. The van der Waals surface area contributed by atoms with Gasteiger partial charge in [-0.3, -0.25) is 14.5 Å². The van der Waals surface area contributed by atoms with Gasteiger partial charge in [-0.15, -0.1) is 11.3 Å². The van der Waals surface area contributed by atoms with Crippen molar-refractivity contribution in [2.75, 3.05) is 13.1 Å². The molecule has 1 aliphatic carbocycles. The van der Waals surface area contributed by atoms with Gasteiger partial charge in [-0.05, 0) is 43.0 Å². The fraction of sp³-hybridized carbons (Fsp3) is 0.619. The lowest BCUT2D eigenvalue weighted by molar-refractivity contribution is -0.140. The molecule has 1 atom stereocenters. The van der Waals surface area contributed by atoms with Crippen LogP contribution in [0.3, 0.4) is 0 Å². The van der Waals surface area contributed by atoms with E-state index in [0.717, 1.165) is 50.1 Å². The molecule has 3 aliphatic rings. The molecule has 2 amide bonds. The number of likely N-dealkylation sites (tertiary alicyclic amines) is 1. The monoisotopic (exact) mass is 372 g/mol. The van der Waals surface area contributed by atoms with Crippen LogP contribution >= 0.6 is 11.3 Å². The maximum atomic E-state index is 13.4. The number of amides is 2. The van der Waals surface area contributed by atoms with Crippen molar-refractivity contribution >= 4 is 28.7 Å². The zero-order valence-corrected chi connectivity index (χ0v) is 16.4. The van der Waals surface area contributed by atoms with Crippen LogP contribution in [0.15, 0.2) is 23.2 Å². The predicted octanol–water partition coefficient (Wildman–Crippen LogP) is 4.28. The van der Waals surface area contributed by atoms with Gasteiger partial charge in [0.05, 0.1) is 5.57 Å². The Balaban J connectivity index is 1.71. The van der Waals surface area contributed by atoms with Crippen molar-refractivity contribution in [1.29, 1.82) is 0 Å². The fourth-order valence-electron chi connectivity index (χ4n) is 4.71. The number of carbonyl (C=O) groups is 2. The molecule has 140 valence electrons. The van der Waals surface area contributed by atoms with E-state index in [9.17, 15) is 9.59 Å². The van der Waals surface area contributed by atoms with E-state index in [1.165, 1.54) is 19.3 Å². The van der Waals surface area contributed by atoms with E-state index in [1.807, 2.05) is 17.5 Å². The highest BCUT2D eigenvalue weighted by Gasteiger charge is 2.45. The van der Waals surface area contributed by atoms with Crippen molar-refractivity contribution < 1.29 is 9.59 Å². The van der Waals surface area contributed by atoms with E-state index >= 15 is 0 Å². The lowest BCUT2D eigenvalue weighted by Crippen LogP contribution is -2.43. The Kier molecular flexibility index (Phi) is 5.16. The summed E-state index contributed by atoms with van der Waals surface area (Å²) in [6.45, 7) is 4.00. The minimum Gasteiger partial charge on any atom is -0.366 e. The topological polar surface area (TPSA) is 40.6 Å². The first-order valence-electron chi connectivity index (χ1n) is 10.1. The number of thiophene rings is 1. The van der Waals surface area contributed by atoms with Gasteiger partial charge in [-0.1, -0.05) is 38.7 Å². The van der Waals surface area contributed by atoms with Crippen molar-refractivity contribution in [2.45, 2.75) is 64.3 Å². The standard InChI is InChI=1S/C21H28N2O2S/c1-15-8-6-12-22(14-15)19-18(17-11-7-13-26-17)20(24)23(21(19)25)16-9-4-2-3-5-10-16/h7,11,13,15-16H,2-6,8-10,12,14H2,1H3. The Labute approximate surface area is 159 Å². The summed E-state index contributed by atoms with van der Waals surface area (Å²) >= 11 is 1.56. The van der Waals surface area contributed by atoms with E-state index < -0.39 is 0 Å². The Bertz CT molecular complexity index is 702. The third-order valence-corrected chi connectivity index (χ3v) is 6.91. The summed E-state index contributed by atoms with van der Waals surface area (Å²) in [5.41, 5.74) is 1.33. The molecule has 1 unspecified atom stereocenters. The summed E-state index contributed by atoms with van der Waals surface area (Å²) < 4.78 is 0. The molecule has 0 radical (unpaired) electrons. The molecular weight excluding hydrogens is 344 g/mol. The Hall–Kier alpha value is -1.62. The molecule has 1 saturated carbocycles. The number of imide groups is 1. The average molecular weight is 373 g/mol. The molecule has 2 fully saturated rings. The number of nitrogens with zero attached hydrogens (tertiary/aromatic N) is 2. The minimum atomic E-state index is -0.0578. The maximum Gasteiger partial charge on any atom is 0.278 e. The van der Waals surface area contributed by atoms with Gasteiger partial charge in [0, 0.05) is 24.0 Å². The molecule has 0 spiro atoms. The molecule has 4 nitrogen and oxygen atoms in total. The quantitative estimate of drug-likeness (QED) is 0.587. The SMILES string of the molecule is CC1CCCN(C2=C(c3cccs3)C(=O)N(C3CCCCCC3)C2=O)C1. The van der Waals surface area contributed by atoms with Crippen molar-refractivity contribution in [1.82, 2.24) is 9.80 Å². The van der Waals surface area contributed by atoms with E-state index in [1.54, 1.807) is 16.2 Å². The van der Waals surface area contributed by atoms with Gasteiger partial charge in [0.25, 0.3) is 11.8 Å². The van der Waals surface area contributed by atoms with Crippen LogP contribution in [0.2, 0.25) is 0 Å². The summed E-state index contributed by atoms with van der Waals surface area (Å²) in [5.74, 6) is 0.465. The smallest absolute Gasteiger partial charge is 0.278 e. The first-order valence-corrected chi connectivity index (χ1v) is 11.0. The van der Waals surface area contributed by atoms with Crippen molar-refractivity contribution in [3.8, 4) is 0 Å². The van der Waals surface area contributed by atoms with E-state index in [4.69, 9.17) is 0 Å². The second kappa shape index (κ2) is 7.55. The van der Waals surface area contributed by atoms with Gasteiger partial charge in [0.1, 0.15) is 5.70 Å². The molecule has 1 aromatic heterocycles. The molecule has 1 aromatic rings. The molecule has 0 N–H and O–H groups in total. The average Bonchev–Trinajstić information content (AvgIpc) is 3.13. The summed E-state index contributed by atoms with van der Waals surface area (Å²) in [6, 6.07) is 4.03. The third kappa shape index (κ3) is 3.22. The van der Waals surface area contributed by atoms with Crippen LogP contribution in [-0.4, -0.2) is 40.7 Å². The second-order valence-electron chi connectivity index (χ2n) is 8.02. The highest BCUT2D eigenvalue weighted by molar-refractivity contribution is 7.11. The highest BCUT2D eigenvalue weighted by atomic mass is 32.1. The van der Waals surface area contributed by atoms with Gasteiger partial charge in [0.15, 0.2) is 0 Å². The zero-order chi connectivity index (χ0) is 18.1. The molecular formula is C21H28N2O2S. The molecule has 0 bridgehead atoms.